The predicted molar refractivity (Wildman–Crippen MR) is 81.7 cm³/mol. The summed E-state index contributed by atoms with van der Waals surface area (Å²) in [5.74, 6) is -3.11. The molecule has 0 aromatic heterocycles. The number of halogens is 1. The van der Waals surface area contributed by atoms with Crippen LogP contribution in [0.15, 0.2) is 30.9 Å². The molecular formula is C15H16FNO5S. The molecule has 23 heavy (non-hydrogen) atoms. The highest BCUT2D eigenvalue weighted by Gasteiger charge is 2.35. The molecule has 6 nitrogen and oxygen atoms in total. The van der Waals surface area contributed by atoms with Gasteiger partial charge >= 0.3 is 5.97 Å². The first-order valence-electron chi connectivity index (χ1n) is 6.90. The Morgan fingerprint density at radius 1 is 1.43 bits per heavy atom. The molecule has 1 atom stereocenters. The molecule has 1 aliphatic rings. The largest absolute Gasteiger partial charge is 0.478 e. The first-order valence-corrected chi connectivity index (χ1v) is 8.72. The fraction of sp³-hybridized carbons (Fsp3) is 0.333. The van der Waals surface area contributed by atoms with Crippen molar-refractivity contribution in [3.05, 3.63) is 47.8 Å². The number of aromatic carboxylic acids is 1. The second-order valence-electron chi connectivity index (χ2n) is 5.30. The van der Waals surface area contributed by atoms with Crippen LogP contribution in [0.4, 0.5) is 4.39 Å². The van der Waals surface area contributed by atoms with Crippen LogP contribution in [0.1, 0.15) is 27.1 Å². The molecule has 124 valence electrons. The number of benzene rings is 1. The van der Waals surface area contributed by atoms with Crippen LogP contribution in [0.25, 0.3) is 0 Å². The highest BCUT2D eigenvalue weighted by atomic mass is 32.2. The summed E-state index contributed by atoms with van der Waals surface area (Å²) in [6.45, 7) is 3.61. The van der Waals surface area contributed by atoms with Gasteiger partial charge in [-0.05, 0) is 24.6 Å². The van der Waals surface area contributed by atoms with E-state index in [0.717, 1.165) is 18.2 Å². The second-order valence-corrected chi connectivity index (χ2v) is 7.53. The Hall–Kier alpha value is -2.22. The summed E-state index contributed by atoms with van der Waals surface area (Å²) in [7, 11) is -3.20. The third-order valence-corrected chi connectivity index (χ3v) is 5.43. The molecule has 1 N–H and O–H groups in total. The van der Waals surface area contributed by atoms with Gasteiger partial charge in [0.2, 0.25) is 0 Å². The van der Waals surface area contributed by atoms with Gasteiger partial charge in [0.15, 0.2) is 9.84 Å². The Balaban J connectivity index is 2.31. The van der Waals surface area contributed by atoms with Gasteiger partial charge in [0.05, 0.1) is 22.6 Å². The lowest BCUT2D eigenvalue weighted by Gasteiger charge is -2.27. The van der Waals surface area contributed by atoms with Crippen molar-refractivity contribution in [3.63, 3.8) is 0 Å². The molecule has 0 aliphatic carbocycles. The lowest BCUT2D eigenvalue weighted by molar-refractivity contribution is 0.0687. The van der Waals surface area contributed by atoms with E-state index in [1.807, 2.05) is 0 Å². The van der Waals surface area contributed by atoms with Gasteiger partial charge in [0.1, 0.15) is 5.82 Å². The van der Waals surface area contributed by atoms with Gasteiger partial charge in [0, 0.05) is 12.6 Å². The van der Waals surface area contributed by atoms with Gasteiger partial charge in [-0.2, -0.15) is 0 Å². The van der Waals surface area contributed by atoms with Crippen LogP contribution >= 0.6 is 0 Å². The normalized spacial score (nSPS) is 19.3. The van der Waals surface area contributed by atoms with Crippen molar-refractivity contribution in [1.29, 1.82) is 0 Å². The van der Waals surface area contributed by atoms with E-state index in [-0.39, 0.29) is 35.6 Å². The van der Waals surface area contributed by atoms with Crippen molar-refractivity contribution in [2.75, 3.05) is 18.1 Å². The van der Waals surface area contributed by atoms with Gasteiger partial charge in [-0.25, -0.2) is 17.6 Å². The summed E-state index contributed by atoms with van der Waals surface area (Å²) < 4.78 is 37.2. The molecule has 1 heterocycles. The van der Waals surface area contributed by atoms with E-state index < -0.39 is 33.6 Å². The molecule has 1 aromatic carbocycles. The average molecular weight is 341 g/mol. The quantitative estimate of drug-likeness (QED) is 0.816. The molecule has 0 radical (unpaired) electrons. The van der Waals surface area contributed by atoms with E-state index in [2.05, 4.69) is 6.58 Å². The summed E-state index contributed by atoms with van der Waals surface area (Å²) in [5.41, 5.74) is -0.557. The molecule has 8 heteroatoms. The fourth-order valence-electron chi connectivity index (χ4n) is 2.53. The number of carboxylic acids is 1. The maximum absolute atomic E-state index is 14.0. The van der Waals surface area contributed by atoms with E-state index in [0.29, 0.717) is 0 Å². The molecule has 1 aliphatic heterocycles. The van der Waals surface area contributed by atoms with Gasteiger partial charge < -0.3 is 10.0 Å². The number of rotatable bonds is 5. The zero-order valence-corrected chi connectivity index (χ0v) is 13.1. The Bertz CT molecular complexity index is 759. The van der Waals surface area contributed by atoms with Crippen molar-refractivity contribution in [1.82, 2.24) is 4.90 Å². The van der Waals surface area contributed by atoms with Crippen molar-refractivity contribution < 1.29 is 27.5 Å². The Morgan fingerprint density at radius 3 is 2.61 bits per heavy atom. The number of hydrogen-bond acceptors (Lipinski definition) is 4. The molecule has 1 fully saturated rings. The molecule has 0 bridgehead atoms. The summed E-state index contributed by atoms with van der Waals surface area (Å²) >= 11 is 0. The number of carboxylic acid groups (broad SMARTS) is 1. The van der Waals surface area contributed by atoms with E-state index in [1.165, 1.54) is 11.0 Å². The van der Waals surface area contributed by atoms with Gasteiger partial charge in [0.25, 0.3) is 5.91 Å². The maximum atomic E-state index is 14.0. The van der Waals surface area contributed by atoms with Crippen LogP contribution in [0, 0.1) is 5.82 Å². The van der Waals surface area contributed by atoms with E-state index >= 15 is 0 Å². The summed E-state index contributed by atoms with van der Waals surface area (Å²) in [5, 5.41) is 8.82. The standard InChI is InChI=1S/C15H16FNO5S/c1-2-6-17(11-5-7-23(21,22)9-11)14(18)12-4-3-10(15(19)20)8-13(12)16/h2-4,8,11H,1,5-7,9H2,(H,19,20). The highest BCUT2D eigenvalue weighted by molar-refractivity contribution is 7.91. The minimum absolute atomic E-state index is 0.0149. The molecule has 1 unspecified atom stereocenters. The van der Waals surface area contributed by atoms with Crippen LogP contribution in [0.2, 0.25) is 0 Å². The van der Waals surface area contributed by atoms with Crippen LogP contribution in [0.5, 0.6) is 0 Å². The van der Waals surface area contributed by atoms with Crippen molar-refractivity contribution in [2.24, 2.45) is 0 Å². The number of carbonyl (C=O) groups excluding carboxylic acids is 1. The second kappa shape index (κ2) is 6.49. The van der Waals surface area contributed by atoms with E-state index in [9.17, 15) is 22.4 Å². The van der Waals surface area contributed by atoms with Gasteiger partial charge in [-0.1, -0.05) is 6.08 Å². The zero-order valence-electron chi connectivity index (χ0n) is 12.2. The molecule has 2 rings (SSSR count). The minimum Gasteiger partial charge on any atom is -0.478 e. The number of sulfone groups is 1. The number of amides is 1. The lowest BCUT2D eigenvalue weighted by Crippen LogP contribution is -2.41. The van der Waals surface area contributed by atoms with Gasteiger partial charge in [-0.3, -0.25) is 4.79 Å². The molecule has 1 aromatic rings. The van der Waals surface area contributed by atoms with Crippen LogP contribution in [0.3, 0.4) is 0 Å². The Labute approximate surface area is 133 Å². The monoisotopic (exact) mass is 341 g/mol. The molecular weight excluding hydrogens is 325 g/mol. The molecule has 0 spiro atoms. The number of hydrogen-bond donors (Lipinski definition) is 1. The SMILES string of the molecule is C=CCN(C(=O)c1ccc(C(=O)O)cc1F)C1CCS(=O)(=O)C1. The first kappa shape index (κ1) is 17.1. The van der Waals surface area contributed by atoms with Crippen LogP contribution in [-0.4, -0.2) is 54.4 Å². The summed E-state index contributed by atoms with van der Waals surface area (Å²) in [6.07, 6.45) is 1.73. The molecule has 0 saturated carbocycles. The van der Waals surface area contributed by atoms with Crippen molar-refractivity contribution in [2.45, 2.75) is 12.5 Å². The predicted octanol–water partition coefficient (Wildman–Crippen LogP) is 1.34. The fourth-order valence-corrected chi connectivity index (χ4v) is 4.27. The summed E-state index contributed by atoms with van der Waals surface area (Å²) in [4.78, 5) is 24.6. The third kappa shape index (κ3) is 3.76. The topological polar surface area (TPSA) is 91.8 Å². The van der Waals surface area contributed by atoms with E-state index in [1.54, 1.807) is 0 Å². The third-order valence-electron chi connectivity index (χ3n) is 3.68. The molecule has 1 saturated heterocycles. The lowest BCUT2D eigenvalue weighted by atomic mass is 10.1. The van der Waals surface area contributed by atoms with Crippen LogP contribution in [-0.2, 0) is 9.84 Å². The van der Waals surface area contributed by atoms with E-state index in [4.69, 9.17) is 5.11 Å². The van der Waals surface area contributed by atoms with Crippen LogP contribution < -0.4 is 0 Å². The average Bonchev–Trinajstić information content (AvgIpc) is 2.83. The minimum atomic E-state index is -3.20. The number of nitrogens with zero attached hydrogens (tertiary/aromatic N) is 1. The summed E-state index contributed by atoms with van der Waals surface area (Å²) in [6, 6.07) is 2.47. The highest BCUT2D eigenvalue weighted by Crippen LogP contribution is 2.21. The van der Waals surface area contributed by atoms with Gasteiger partial charge in [-0.15, -0.1) is 6.58 Å². The first-order chi connectivity index (χ1) is 10.7. The Morgan fingerprint density at radius 2 is 2.13 bits per heavy atom. The zero-order chi connectivity index (χ0) is 17.2. The molecule has 1 amide bonds. The Kier molecular flexibility index (Phi) is 4.84. The maximum Gasteiger partial charge on any atom is 0.335 e. The number of carbonyl (C=O) groups is 2. The smallest absolute Gasteiger partial charge is 0.335 e. The van der Waals surface area contributed by atoms with Crippen molar-refractivity contribution in [3.8, 4) is 0 Å². The van der Waals surface area contributed by atoms with Crippen molar-refractivity contribution >= 4 is 21.7 Å².